The van der Waals surface area contributed by atoms with Crippen molar-refractivity contribution in [1.29, 1.82) is 0 Å². The van der Waals surface area contributed by atoms with Crippen LogP contribution in [0.4, 0.5) is 4.79 Å². The fourth-order valence-corrected chi connectivity index (χ4v) is 4.28. The van der Waals surface area contributed by atoms with E-state index in [-0.39, 0.29) is 22.7 Å². The average molecular weight is 396 g/mol. The minimum Gasteiger partial charge on any atom is -0.444 e. The molecule has 1 saturated heterocycles. The van der Waals surface area contributed by atoms with Crippen LogP contribution in [0.2, 0.25) is 0 Å². The van der Waals surface area contributed by atoms with Crippen LogP contribution in [-0.4, -0.2) is 45.7 Å². The fourth-order valence-electron chi connectivity index (χ4n) is 4.28. The van der Waals surface area contributed by atoms with Crippen LogP contribution in [0.1, 0.15) is 68.2 Å². The Kier molecular flexibility index (Phi) is 7.29. The van der Waals surface area contributed by atoms with Gasteiger partial charge in [-0.25, -0.2) is 4.79 Å². The van der Waals surface area contributed by atoms with Crippen molar-refractivity contribution in [2.45, 2.75) is 91.7 Å². The van der Waals surface area contributed by atoms with E-state index >= 15 is 0 Å². The van der Waals surface area contributed by atoms with Crippen LogP contribution >= 0.6 is 0 Å². The zero-order valence-electron chi connectivity index (χ0n) is 18.5. The molecule has 1 amide bonds. The van der Waals surface area contributed by atoms with Gasteiger partial charge >= 0.3 is 6.09 Å². The Morgan fingerprint density at radius 3 is 2.32 bits per heavy atom. The molecule has 0 aromatic heterocycles. The smallest absolute Gasteiger partial charge is 0.412 e. The molecule has 0 bridgehead atoms. The molecular weight excluding hydrogens is 358 g/mol. The normalized spacial score (nSPS) is 32.3. The number of nitrogens with zero attached hydrogens (tertiary/aromatic N) is 1. The fraction of sp³-hybridized carbons (Fsp3) is 0.727. The molecule has 0 radical (unpaired) electrons. The summed E-state index contributed by atoms with van der Waals surface area (Å²) in [7, 11) is 0. The monoisotopic (exact) mass is 395 g/mol. The van der Waals surface area contributed by atoms with Gasteiger partial charge in [-0.3, -0.25) is 9.69 Å². The van der Waals surface area contributed by atoms with Gasteiger partial charge in [-0.05, 0) is 60.3 Å². The number of hydrogen-bond donors (Lipinski definition) is 0. The average Bonchev–Trinajstić information content (AvgIpc) is 3.18. The van der Waals surface area contributed by atoms with Crippen molar-refractivity contribution in [3.05, 3.63) is 24.3 Å². The first-order chi connectivity index (χ1) is 12.5. The Labute approximate surface area is 169 Å². The zero-order valence-corrected chi connectivity index (χ0v) is 18.5. The Balaban J connectivity index is 0.00000127. The van der Waals surface area contributed by atoms with E-state index in [1.165, 1.54) is 0 Å². The quantitative estimate of drug-likeness (QED) is 0.706. The molecule has 4 atom stereocenters. The number of allylic oxidation sites excluding steroid dienone is 4. The van der Waals surface area contributed by atoms with Gasteiger partial charge in [0.2, 0.25) is 0 Å². The van der Waals surface area contributed by atoms with Gasteiger partial charge in [0, 0.05) is 5.41 Å². The first-order valence-corrected chi connectivity index (χ1v) is 10.0. The first-order valence-electron chi connectivity index (χ1n) is 10.0. The number of carbonyl (C=O) groups is 2. The van der Waals surface area contributed by atoms with Gasteiger partial charge < -0.3 is 14.9 Å². The van der Waals surface area contributed by atoms with Crippen LogP contribution < -0.4 is 0 Å². The third-order valence-electron chi connectivity index (χ3n) is 5.41. The predicted molar refractivity (Wildman–Crippen MR) is 110 cm³/mol. The van der Waals surface area contributed by atoms with Crippen LogP contribution in [0.25, 0.3) is 0 Å². The van der Waals surface area contributed by atoms with Gasteiger partial charge in [0.1, 0.15) is 17.4 Å². The molecule has 160 valence electrons. The molecule has 28 heavy (non-hydrogen) atoms. The van der Waals surface area contributed by atoms with Gasteiger partial charge in [-0.1, -0.05) is 38.2 Å². The predicted octanol–water partition coefficient (Wildman–Crippen LogP) is 4.04. The summed E-state index contributed by atoms with van der Waals surface area (Å²) in [5.74, 6) is 0.318. The molecule has 1 aliphatic heterocycles. The number of carbonyl (C=O) groups excluding carboxylic acids is 2. The van der Waals surface area contributed by atoms with Crippen LogP contribution in [0.5, 0.6) is 0 Å². The van der Waals surface area contributed by atoms with Gasteiger partial charge in [-0.2, -0.15) is 0 Å². The van der Waals surface area contributed by atoms with Crippen molar-refractivity contribution in [2.24, 2.45) is 11.3 Å². The summed E-state index contributed by atoms with van der Waals surface area (Å²) < 4.78 is 11.7. The molecule has 2 N–H and O–H groups in total. The molecule has 0 aromatic rings. The minimum atomic E-state index is -0.884. The van der Waals surface area contributed by atoms with Crippen LogP contribution in [0, 0.1) is 11.3 Å². The Bertz CT molecular complexity index is 646. The summed E-state index contributed by atoms with van der Waals surface area (Å²) in [5, 5.41) is 0. The maximum absolute atomic E-state index is 13.0. The number of hydrogen-bond acceptors (Lipinski definition) is 4. The Hall–Kier alpha value is -1.66. The van der Waals surface area contributed by atoms with Gasteiger partial charge in [0.05, 0.1) is 6.04 Å². The van der Waals surface area contributed by atoms with Crippen LogP contribution in [0.3, 0.4) is 0 Å². The highest BCUT2D eigenvalue weighted by atomic mass is 16.6. The highest BCUT2D eigenvalue weighted by Gasteiger charge is 2.68. The largest absolute Gasteiger partial charge is 0.444 e. The molecule has 2 fully saturated rings. The van der Waals surface area contributed by atoms with Crippen molar-refractivity contribution in [3.8, 4) is 0 Å². The summed E-state index contributed by atoms with van der Waals surface area (Å²) in [5.41, 5.74) is -1.63. The summed E-state index contributed by atoms with van der Waals surface area (Å²) in [6.45, 7) is 14.8. The molecule has 1 saturated carbocycles. The van der Waals surface area contributed by atoms with E-state index < -0.39 is 23.5 Å². The van der Waals surface area contributed by atoms with Gasteiger partial charge in [-0.15, -0.1) is 0 Å². The van der Waals surface area contributed by atoms with E-state index in [1.54, 1.807) is 11.8 Å². The second-order valence-electron chi connectivity index (χ2n) is 8.95. The van der Waals surface area contributed by atoms with E-state index in [0.29, 0.717) is 5.92 Å². The number of ketones is 1. The molecule has 3 rings (SSSR count). The number of fused-ring (bicyclic) bond motifs is 1. The number of ether oxygens (including phenoxy) is 2. The van der Waals surface area contributed by atoms with E-state index in [2.05, 4.69) is 18.2 Å². The first kappa shape index (κ1) is 24.4. The lowest BCUT2D eigenvalue weighted by Gasteiger charge is -2.38. The maximum Gasteiger partial charge on any atom is 0.412 e. The van der Waals surface area contributed by atoms with Crippen LogP contribution in [0.15, 0.2) is 24.3 Å². The summed E-state index contributed by atoms with van der Waals surface area (Å²) >= 11 is 0. The summed E-state index contributed by atoms with van der Waals surface area (Å²) in [6, 6.07) is -0.313. The maximum atomic E-state index is 13.0. The third-order valence-corrected chi connectivity index (χ3v) is 5.41. The third kappa shape index (κ3) is 4.49. The molecule has 1 heterocycles. The van der Waals surface area contributed by atoms with E-state index in [9.17, 15) is 9.59 Å². The number of rotatable bonds is 2. The zero-order chi connectivity index (χ0) is 20.6. The second kappa shape index (κ2) is 8.37. The number of Topliss-reactive ketones (excluding diaryl/α,β-unsaturated/α-hetero) is 1. The topological polar surface area (TPSA) is 87.3 Å². The van der Waals surface area contributed by atoms with Crippen molar-refractivity contribution < 1.29 is 24.5 Å². The molecule has 6 heteroatoms. The van der Waals surface area contributed by atoms with Crippen molar-refractivity contribution in [3.63, 3.8) is 0 Å². The van der Waals surface area contributed by atoms with Crippen molar-refractivity contribution in [2.75, 3.05) is 0 Å². The van der Waals surface area contributed by atoms with E-state index in [0.717, 1.165) is 12.8 Å². The molecule has 0 spiro atoms. The lowest BCUT2D eigenvalue weighted by atomic mass is 9.84. The summed E-state index contributed by atoms with van der Waals surface area (Å²) in [6.07, 6.45) is 9.16. The van der Waals surface area contributed by atoms with Crippen molar-refractivity contribution in [1.82, 2.24) is 4.90 Å². The highest BCUT2D eigenvalue weighted by molar-refractivity contribution is 5.83. The molecule has 0 aromatic carbocycles. The van der Waals surface area contributed by atoms with Gasteiger partial charge in [0.15, 0.2) is 5.78 Å². The molecule has 3 aliphatic rings. The van der Waals surface area contributed by atoms with E-state index in [1.807, 2.05) is 54.5 Å². The van der Waals surface area contributed by atoms with Crippen LogP contribution in [-0.2, 0) is 14.3 Å². The molecule has 3 unspecified atom stereocenters. The van der Waals surface area contributed by atoms with Crippen molar-refractivity contribution >= 4 is 11.9 Å². The second-order valence-corrected chi connectivity index (χ2v) is 8.95. The minimum absolute atomic E-state index is 0. The SMILES string of the molecule is CC.CC(=O)C1OC(C)(C)N(C(=O)OC(C)(C)C)[C@H]1C12CC=CC=CC1C2.O. The number of amides is 1. The standard InChI is InChI=1S/C20H29NO4.C2H6.H2O/c1-13(22)15-16(20-11-9-7-8-10-14(20)12-20)21(19(5,6)24-15)17(23)25-18(2,3)4;1-2;/h7-10,14-16H,11-12H2,1-6H3;1-2H3;1H2/t14?,15?,16-,20?;;/m1../s1. The molecule has 2 aliphatic carbocycles. The highest BCUT2D eigenvalue weighted by Crippen LogP contribution is 2.64. The Morgan fingerprint density at radius 2 is 1.79 bits per heavy atom. The van der Waals surface area contributed by atoms with Gasteiger partial charge in [0.25, 0.3) is 0 Å². The summed E-state index contributed by atoms with van der Waals surface area (Å²) in [4.78, 5) is 27.0. The molecule has 6 nitrogen and oxygen atoms in total. The Morgan fingerprint density at radius 1 is 1.18 bits per heavy atom. The molecular formula is C22H37NO5. The van der Waals surface area contributed by atoms with E-state index in [4.69, 9.17) is 9.47 Å². The lowest BCUT2D eigenvalue weighted by Crippen LogP contribution is -2.54. The lowest BCUT2D eigenvalue weighted by molar-refractivity contribution is -0.134.